The second kappa shape index (κ2) is 7.30. The number of nitrogens with one attached hydrogen (secondary N) is 1. The molecule has 1 amide bonds. The van der Waals surface area contributed by atoms with Gasteiger partial charge in [0, 0.05) is 0 Å². The summed E-state index contributed by atoms with van der Waals surface area (Å²) in [4.78, 5) is 11.3. The van der Waals surface area contributed by atoms with Gasteiger partial charge < -0.3 is 15.8 Å². The maximum Gasteiger partial charge on any atom is 0.258 e. The Morgan fingerprint density at radius 2 is 2.33 bits per heavy atom. The zero-order valence-corrected chi connectivity index (χ0v) is 9.91. The maximum absolute atomic E-state index is 13.5. The lowest BCUT2D eigenvalue weighted by molar-refractivity contribution is -0.122. The third-order valence-electron chi connectivity index (χ3n) is 2.20. The minimum Gasteiger partial charge on any atom is -0.480 e. The van der Waals surface area contributed by atoms with E-state index in [2.05, 4.69) is 11.2 Å². The van der Waals surface area contributed by atoms with Crippen molar-refractivity contribution >= 4 is 5.91 Å². The number of hydrogen-bond donors (Lipinski definition) is 2. The van der Waals surface area contributed by atoms with Gasteiger partial charge in [-0.2, -0.15) is 0 Å². The highest BCUT2D eigenvalue weighted by atomic mass is 19.1. The van der Waals surface area contributed by atoms with Crippen LogP contribution < -0.4 is 15.8 Å². The van der Waals surface area contributed by atoms with Crippen LogP contribution in [0.3, 0.4) is 0 Å². The summed E-state index contributed by atoms with van der Waals surface area (Å²) < 4.78 is 18.7. The first kappa shape index (κ1) is 14.0. The Morgan fingerprint density at radius 3 is 3.00 bits per heavy atom. The molecule has 3 N–H and O–H groups in total. The standard InChI is InChI=1S/C13H15FN2O2/c1-2-8-16-12(17)9-18-13-10(6-7-15)4-3-5-11(13)14/h1,3-5H,6-9,15H2,(H,16,17). The first-order valence-corrected chi connectivity index (χ1v) is 5.49. The summed E-state index contributed by atoms with van der Waals surface area (Å²) in [5.41, 5.74) is 6.06. The van der Waals surface area contributed by atoms with Crippen LogP contribution in [0, 0.1) is 18.2 Å². The number of nitrogens with two attached hydrogens (primary N) is 1. The molecule has 0 aliphatic heterocycles. The van der Waals surface area contributed by atoms with Gasteiger partial charge in [-0.25, -0.2) is 4.39 Å². The van der Waals surface area contributed by atoms with Crippen molar-refractivity contribution in [1.29, 1.82) is 0 Å². The molecule has 0 saturated carbocycles. The number of benzene rings is 1. The van der Waals surface area contributed by atoms with E-state index >= 15 is 0 Å². The van der Waals surface area contributed by atoms with Crippen LogP contribution in [0.4, 0.5) is 4.39 Å². The Labute approximate surface area is 105 Å². The van der Waals surface area contributed by atoms with Crippen LogP contribution in [0.2, 0.25) is 0 Å². The Balaban J connectivity index is 2.66. The molecule has 0 spiro atoms. The lowest BCUT2D eigenvalue weighted by Gasteiger charge is -2.11. The summed E-state index contributed by atoms with van der Waals surface area (Å²) in [6.07, 6.45) is 5.48. The molecule has 0 unspecified atom stereocenters. The molecular formula is C13H15FN2O2. The normalized spacial score (nSPS) is 9.61. The van der Waals surface area contributed by atoms with E-state index in [0.29, 0.717) is 18.5 Å². The summed E-state index contributed by atoms with van der Waals surface area (Å²) in [6, 6.07) is 4.56. The highest BCUT2D eigenvalue weighted by Gasteiger charge is 2.11. The Hall–Kier alpha value is -2.06. The third kappa shape index (κ3) is 4.07. The number of hydrogen-bond acceptors (Lipinski definition) is 3. The van der Waals surface area contributed by atoms with Gasteiger partial charge in [-0.05, 0) is 24.6 Å². The number of carbonyl (C=O) groups excluding carboxylic acids is 1. The van der Waals surface area contributed by atoms with E-state index in [1.165, 1.54) is 6.07 Å². The molecule has 96 valence electrons. The van der Waals surface area contributed by atoms with Gasteiger partial charge in [-0.15, -0.1) is 6.42 Å². The van der Waals surface area contributed by atoms with Crippen molar-refractivity contribution in [2.45, 2.75) is 6.42 Å². The summed E-state index contributed by atoms with van der Waals surface area (Å²) in [6.45, 7) is 0.221. The highest BCUT2D eigenvalue weighted by molar-refractivity contribution is 5.77. The number of carbonyl (C=O) groups is 1. The number of para-hydroxylation sites is 1. The molecule has 0 heterocycles. The van der Waals surface area contributed by atoms with Gasteiger partial charge in [-0.1, -0.05) is 18.1 Å². The molecule has 0 bridgehead atoms. The van der Waals surface area contributed by atoms with Crippen LogP contribution in [-0.4, -0.2) is 25.6 Å². The first-order valence-electron chi connectivity index (χ1n) is 5.49. The quantitative estimate of drug-likeness (QED) is 0.721. The van der Waals surface area contributed by atoms with Crippen molar-refractivity contribution < 1.29 is 13.9 Å². The number of terminal acetylenes is 1. The van der Waals surface area contributed by atoms with Gasteiger partial charge in [0.15, 0.2) is 18.2 Å². The van der Waals surface area contributed by atoms with E-state index in [9.17, 15) is 9.18 Å². The van der Waals surface area contributed by atoms with Gasteiger partial charge >= 0.3 is 0 Å². The molecule has 0 aromatic heterocycles. The summed E-state index contributed by atoms with van der Waals surface area (Å²) in [5.74, 6) is 1.43. The molecule has 1 rings (SSSR count). The average Bonchev–Trinajstić information content (AvgIpc) is 2.36. The monoisotopic (exact) mass is 250 g/mol. The largest absolute Gasteiger partial charge is 0.480 e. The Bertz CT molecular complexity index is 455. The molecule has 0 aliphatic carbocycles. The molecular weight excluding hydrogens is 235 g/mol. The topological polar surface area (TPSA) is 64.3 Å². The lowest BCUT2D eigenvalue weighted by Crippen LogP contribution is -2.29. The fraction of sp³-hybridized carbons (Fsp3) is 0.308. The lowest BCUT2D eigenvalue weighted by atomic mass is 10.1. The van der Waals surface area contributed by atoms with Crippen LogP contribution in [0.1, 0.15) is 5.56 Å². The molecule has 1 aromatic rings. The third-order valence-corrected chi connectivity index (χ3v) is 2.20. The van der Waals surface area contributed by atoms with Crippen molar-refractivity contribution in [3.8, 4) is 18.1 Å². The van der Waals surface area contributed by atoms with E-state index < -0.39 is 11.7 Å². The Kier molecular flexibility index (Phi) is 5.68. The molecule has 0 radical (unpaired) electrons. The van der Waals surface area contributed by atoms with Crippen molar-refractivity contribution in [1.82, 2.24) is 5.32 Å². The SMILES string of the molecule is C#CCNC(=O)COc1c(F)cccc1CCN. The van der Waals surface area contributed by atoms with E-state index in [1.807, 2.05) is 0 Å². The van der Waals surface area contributed by atoms with Crippen LogP contribution in [0.5, 0.6) is 5.75 Å². The Morgan fingerprint density at radius 1 is 1.56 bits per heavy atom. The predicted molar refractivity (Wildman–Crippen MR) is 66.5 cm³/mol. The molecule has 0 saturated heterocycles. The van der Waals surface area contributed by atoms with Crippen molar-refractivity contribution in [2.24, 2.45) is 5.73 Å². The van der Waals surface area contributed by atoms with E-state index in [0.717, 1.165) is 0 Å². The number of rotatable bonds is 6. The van der Waals surface area contributed by atoms with Crippen LogP contribution in [-0.2, 0) is 11.2 Å². The first-order chi connectivity index (χ1) is 8.69. The molecule has 0 fully saturated rings. The smallest absolute Gasteiger partial charge is 0.258 e. The van der Waals surface area contributed by atoms with Gasteiger partial charge in [0.1, 0.15) is 0 Å². The number of amides is 1. The van der Waals surface area contributed by atoms with Gasteiger partial charge in [0.2, 0.25) is 0 Å². The van der Waals surface area contributed by atoms with Crippen LogP contribution in [0.25, 0.3) is 0 Å². The van der Waals surface area contributed by atoms with Gasteiger partial charge in [0.25, 0.3) is 5.91 Å². The second-order valence-electron chi connectivity index (χ2n) is 3.54. The second-order valence-corrected chi connectivity index (χ2v) is 3.54. The van der Waals surface area contributed by atoms with Crippen LogP contribution in [0.15, 0.2) is 18.2 Å². The fourth-order valence-electron chi connectivity index (χ4n) is 1.41. The van der Waals surface area contributed by atoms with E-state index in [-0.39, 0.29) is 18.9 Å². The van der Waals surface area contributed by atoms with Gasteiger partial charge in [-0.3, -0.25) is 4.79 Å². The summed E-state index contributed by atoms with van der Waals surface area (Å²) >= 11 is 0. The van der Waals surface area contributed by atoms with Crippen molar-refractivity contribution in [2.75, 3.05) is 19.7 Å². The summed E-state index contributed by atoms with van der Waals surface area (Å²) in [7, 11) is 0. The van der Waals surface area contributed by atoms with E-state index in [4.69, 9.17) is 16.9 Å². The molecule has 0 aliphatic rings. The zero-order valence-electron chi connectivity index (χ0n) is 9.91. The predicted octanol–water partition coefficient (Wildman–Crippen LogP) is 0.455. The average molecular weight is 250 g/mol. The van der Waals surface area contributed by atoms with E-state index in [1.54, 1.807) is 12.1 Å². The molecule has 0 atom stereocenters. The highest BCUT2D eigenvalue weighted by Crippen LogP contribution is 2.22. The maximum atomic E-state index is 13.5. The molecule has 5 heteroatoms. The molecule has 4 nitrogen and oxygen atoms in total. The molecule has 18 heavy (non-hydrogen) atoms. The number of ether oxygens (including phenoxy) is 1. The van der Waals surface area contributed by atoms with Crippen LogP contribution >= 0.6 is 0 Å². The van der Waals surface area contributed by atoms with Crippen molar-refractivity contribution in [3.05, 3.63) is 29.6 Å². The number of halogens is 1. The minimum absolute atomic E-state index is 0.0683. The fourth-order valence-corrected chi connectivity index (χ4v) is 1.41. The van der Waals surface area contributed by atoms with Crippen molar-refractivity contribution in [3.63, 3.8) is 0 Å². The molecule has 1 aromatic carbocycles. The summed E-state index contributed by atoms with van der Waals surface area (Å²) in [5, 5.41) is 2.43. The van der Waals surface area contributed by atoms with Gasteiger partial charge in [0.05, 0.1) is 6.54 Å². The minimum atomic E-state index is -0.509. The zero-order chi connectivity index (χ0) is 13.4.